The predicted molar refractivity (Wildman–Crippen MR) is 50.0 cm³/mol. The monoisotopic (exact) mass is 176 g/mol. The Morgan fingerprint density at radius 2 is 2.46 bits per heavy atom. The van der Waals surface area contributed by atoms with Gasteiger partial charge < -0.3 is 9.53 Å². The number of aldehydes is 1. The molecule has 1 aliphatic heterocycles. The zero-order valence-corrected chi connectivity index (χ0v) is 7.62. The smallest absolute Gasteiger partial charge is 0.124 e. The third-order valence-corrected chi connectivity index (χ3v) is 2.35. The van der Waals surface area contributed by atoms with E-state index in [9.17, 15) is 4.79 Å². The average Bonchev–Trinajstić information content (AvgIpc) is 2.47. The van der Waals surface area contributed by atoms with Gasteiger partial charge in [-0.3, -0.25) is 0 Å². The first kappa shape index (κ1) is 8.30. The lowest BCUT2D eigenvalue weighted by molar-refractivity contribution is -0.107. The van der Waals surface area contributed by atoms with Crippen molar-refractivity contribution in [3.8, 4) is 5.75 Å². The van der Waals surface area contributed by atoms with Gasteiger partial charge in [0, 0.05) is 18.4 Å². The molecule has 1 unspecified atom stereocenters. The number of rotatable bonds is 2. The molecular formula is C11H12O2. The standard InChI is InChI=1S/C11H12O2/c1-8-7-10-9(5-6-12)3-2-4-11(10)13-8/h2-4,6,8H,5,7H2,1H3. The van der Waals surface area contributed by atoms with Crippen LogP contribution >= 0.6 is 0 Å². The van der Waals surface area contributed by atoms with Crippen molar-refractivity contribution < 1.29 is 9.53 Å². The Bertz CT molecular complexity index is 331. The molecule has 1 heterocycles. The molecule has 0 amide bonds. The van der Waals surface area contributed by atoms with Crippen LogP contribution in [0.15, 0.2) is 18.2 Å². The average molecular weight is 176 g/mol. The van der Waals surface area contributed by atoms with E-state index in [0.29, 0.717) is 6.42 Å². The minimum absolute atomic E-state index is 0.253. The SMILES string of the molecule is CC1Cc2c(CC=O)cccc2O1. The summed E-state index contributed by atoms with van der Waals surface area (Å²) < 4.78 is 5.58. The van der Waals surface area contributed by atoms with Crippen molar-refractivity contribution in [3.63, 3.8) is 0 Å². The molecule has 13 heavy (non-hydrogen) atoms. The van der Waals surface area contributed by atoms with Crippen molar-refractivity contribution in [2.24, 2.45) is 0 Å². The molecule has 0 saturated carbocycles. The highest BCUT2D eigenvalue weighted by Gasteiger charge is 2.20. The fourth-order valence-corrected chi connectivity index (χ4v) is 1.78. The highest BCUT2D eigenvalue weighted by Crippen LogP contribution is 2.31. The van der Waals surface area contributed by atoms with Gasteiger partial charge in [-0.1, -0.05) is 12.1 Å². The van der Waals surface area contributed by atoms with E-state index in [1.54, 1.807) is 0 Å². The van der Waals surface area contributed by atoms with E-state index < -0.39 is 0 Å². The zero-order valence-electron chi connectivity index (χ0n) is 7.62. The number of carbonyl (C=O) groups is 1. The molecule has 0 bridgehead atoms. The Kier molecular flexibility index (Phi) is 2.05. The third-order valence-electron chi connectivity index (χ3n) is 2.35. The van der Waals surface area contributed by atoms with Crippen molar-refractivity contribution in [2.45, 2.75) is 25.9 Å². The lowest BCUT2D eigenvalue weighted by atomic mass is 10.0. The van der Waals surface area contributed by atoms with Crippen molar-refractivity contribution in [3.05, 3.63) is 29.3 Å². The van der Waals surface area contributed by atoms with Gasteiger partial charge in [0.25, 0.3) is 0 Å². The van der Waals surface area contributed by atoms with Crippen LogP contribution in [0.5, 0.6) is 5.75 Å². The van der Waals surface area contributed by atoms with Crippen LogP contribution in [-0.4, -0.2) is 12.4 Å². The summed E-state index contributed by atoms with van der Waals surface area (Å²) in [4.78, 5) is 10.4. The van der Waals surface area contributed by atoms with Crippen LogP contribution in [0.2, 0.25) is 0 Å². The highest BCUT2D eigenvalue weighted by atomic mass is 16.5. The van der Waals surface area contributed by atoms with E-state index in [1.165, 1.54) is 5.56 Å². The quantitative estimate of drug-likeness (QED) is 0.642. The maximum atomic E-state index is 10.4. The van der Waals surface area contributed by atoms with Gasteiger partial charge in [0.05, 0.1) is 0 Å². The van der Waals surface area contributed by atoms with Crippen LogP contribution in [0, 0.1) is 0 Å². The summed E-state index contributed by atoms with van der Waals surface area (Å²) in [6, 6.07) is 5.90. The predicted octanol–water partition coefficient (Wildman–Crippen LogP) is 1.75. The van der Waals surface area contributed by atoms with Gasteiger partial charge in [-0.2, -0.15) is 0 Å². The Hall–Kier alpha value is -1.31. The second-order valence-corrected chi connectivity index (χ2v) is 3.40. The molecule has 1 aliphatic rings. The first-order valence-corrected chi connectivity index (χ1v) is 4.52. The molecule has 0 radical (unpaired) electrons. The summed E-state index contributed by atoms with van der Waals surface area (Å²) in [6.45, 7) is 2.05. The summed E-state index contributed by atoms with van der Waals surface area (Å²) in [7, 11) is 0. The first-order valence-electron chi connectivity index (χ1n) is 4.52. The number of fused-ring (bicyclic) bond motifs is 1. The van der Waals surface area contributed by atoms with Gasteiger partial charge in [0.15, 0.2) is 0 Å². The normalized spacial score (nSPS) is 19.3. The zero-order chi connectivity index (χ0) is 9.26. The van der Waals surface area contributed by atoms with Crippen LogP contribution < -0.4 is 4.74 Å². The Balaban J connectivity index is 2.39. The lowest BCUT2D eigenvalue weighted by Crippen LogP contribution is -2.05. The number of benzene rings is 1. The maximum absolute atomic E-state index is 10.4. The van der Waals surface area contributed by atoms with Crippen LogP contribution in [0.25, 0.3) is 0 Å². The Labute approximate surface area is 77.5 Å². The third kappa shape index (κ3) is 1.44. The summed E-state index contributed by atoms with van der Waals surface area (Å²) in [6.07, 6.45) is 2.62. The van der Waals surface area contributed by atoms with E-state index in [2.05, 4.69) is 0 Å². The minimum Gasteiger partial charge on any atom is -0.490 e. The molecule has 0 aromatic heterocycles. The summed E-state index contributed by atoms with van der Waals surface area (Å²) in [5.41, 5.74) is 2.32. The minimum atomic E-state index is 0.253. The van der Waals surface area contributed by atoms with Gasteiger partial charge in [0.1, 0.15) is 18.1 Å². The molecule has 0 fully saturated rings. The largest absolute Gasteiger partial charge is 0.490 e. The molecule has 68 valence electrons. The molecule has 2 nitrogen and oxygen atoms in total. The van der Waals surface area contributed by atoms with Crippen molar-refractivity contribution >= 4 is 6.29 Å². The van der Waals surface area contributed by atoms with Gasteiger partial charge in [-0.05, 0) is 18.6 Å². The van der Waals surface area contributed by atoms with Crippen LogP contribution in [0.3, 0.4) is 0 Å². The van der Waals surface area contributed by atoms with Crippen LogP contribution in [0.4, 0.5) is 0 Å². The molecule has 0 saturated heterocycles. The fourth-order valence-electron chi connectivity index (χ4n) is 1.78. The number of carbonyl (C=O) groups excluding carboxylic acids is 1. The van der Waals surface area contributed by atoms with Crippen LogP contribution in [-0.2, 0) is 17.6 Å². The second-order valence-electron chi connectivity index (χ2n) is 3.40. The highest BCUT2D eigenvalue weighted by molar-refractivity contribution is 5.58. The second kappa shape index (κ2) is 3.21. The summed E-state index contributed by atoms with van der Waals surface area (Å²) in [5, 5.41) is 0. The molecule has 1 aromatic rings. The molecule has 2 rings (SSSR count). The summed E-state index contributed by atoms with van der Waals surface area (Å²) >= 11 is 0. The van der Waals surface area contributed by atoms with Gasteiger partial charge in [-0.15, -0.1) is 0 Å². The van der Waals surface area contributed by atoms with Crippen molar-refractivity contribution in [1.29, 1.82) is 0 Å². The maximum Gasteiger partial charge on any atom is 0.124 e. The van der Waals surface area contributed by atoms with Gasteiger partial charge in [-0.25, -0.2) is 0 Å². The Morgan fingerprint density at radius 1 is 1.62 bits per heavy atom. The van der Waals surface area contributed by atoms with Gasteiger partial charge >= 0.3 is 0 Å². The van der Waals surface area contributed by atoms with E-state index in [0.717, 1.165) is 24.0 Å². The van der Waals surface area contributed by atoms with E-state index in [4.69, 9.17) is 4.74 Å². The molecule has 0 spiro atoms. The van der Waals surface area contributed by atoms with Gasteiger partial charge in [0.2, 0.25) is 0 Å². The summed E-state index contributed by atoms with van der Waals surface area (Å²) in [5.74, 6) is 0.951. The number of ether oxygens (including phenoxy) is 1. The topological polar surface area (TPSA) is 26.3 Å². The number of hydrogen-bond donors (Lipinski definition) is 0. The van der Waals surface area contributed by atoms with Crippen molar-refractivity contribution in [2.75, 3.05) is 0 Å². The molecule has 2 heteroatoms. The fraction of sp³-hybridized carbons (Fsp3) is 0.364. The number of hydrogen-bond acceptors (Lipinski definition) is 2. The van der Waals surface area contributed by atoms with E-state index in [-0.39, 0.29) is 6.10 Å². The first-order chi connectivity index (χ1) is 6.31. The van der Waals surface area contributed by atoms with E-state index >= 15 is 0 Å². The lowest BCUT2D eigenvalue weighted by Gasteiger charge is -2.02. The Morgan fingerprint density at radius 3 is 3.23 bits per heavy atom. The van der Waals surface area contributed by atoms with Crippen molar-refractivity contribution in [1.82, 2.24) is 0 Å². The molecule has 0 N–H and O–H groups in total. The molecule has 0 aliphatic carbocycles. The molecule has 1 atom stereocenters. The van der Waals surface area contributed by atoms with Crippen LogP contribution in [0.1, 0.15) is 18.1 Å². The molecule has 1 aromatic carbocycles. The van der Waals surface area contributed by atoms with E-state index in [1.807, 2.05) is 25.1 Å². The molecular weight excluding hydrogens is 164 g/mol.